The minimum absolute atomic E-state index is 0.0206. The molecule has 2 heterocycles. The molecule has 1 aliphatic heterocycles. The fourth-order valence-corrected chi connectivity index (χ4v) is 3.62. The number of aromatic nitrogens is 1. The van der Waals surface area contributed by atoms with Crippen LogP contribution in [-0.4, -0.2) is 47.7 Å². The monoisotopic (exact) mass is 452 g/mol. The molecule has 0 unspecified atom stereocenters. The molecule has 2 aromatic carbocycles. The van der Waals surface area contributed by atoms with Crippen LogP contribution in [0.5, 0.6) is 0 Å². The first kappa shape index (κ1) is 22.0. The maximum Gasteiger partial charge on any atom is 0.328 e. The summed E-state index contributed by atoms with van der Waals surface area (Å²) in [6.45, 7) is 0.434. The zero-order chi connectivity index (χ0) is 23.4. The molecule has 0 aliphatic carbocycles. The number of likely N-dealkylation sites (tertiary alicyclic amines) is 1. The number of carbonyl (C=O) groups is 3. The summed E-state index contributed by atoms with van der Waals surface area (Å²) in [5, 5.41) is 8.99. The van der Waals surface area contributed by atoms with Gasteiger partial charge in [0.15, 0.2) is 0 Å². The van der Waals surface area contributed by atoms with Crippen LogP contribution in [0.15, 0.2) is 59.1 Å². The Labute approximate surface area is 188 Å². The van der Waals surface area contributed by atoms with E-state index in [1.165, 1.54) is 36.3 Å². The first-order valence-corrected chi connectivity index (χ1v) is 10.2. The van der Waals surface area contributed by atoms with Gasteiger partial charge in [0.2, 0.25) is 5.76 Å². The minimum Gasteiger partial charge on any atom is -0.467 e. The van der Waals surface area contributed by atoms with Crippen LogP contribution in [0.2, 0.25) is 0 Å². The van der Waals surface area contributed by atoms with Crippen molar-refractivity contribution in [3.05, 3.63) is 66.2 Å². The third kappa shape index (κ3) is 4.84. The first-order valence-electron chi connectivity index (χ1n) is 10.2. The lowest BCUT2D eigenvalue weighted by Gasteiger charge is -2.20. The Bertz CT molecular complexity index is 1180. The lowest BCUT2D eigenvalue weighted by molar-refractivity contribution is -0.145. The predicted molar refractivity (Wildman–Crippen MR) is 117 cm³/mol. The summed E-state index contributed by atoms with van der Waals surface area (Å²) in [6, 6.07) is 12.8. The summed E-state index contributed by atoms with van der Waals surface area (Å²) in [5.74, 6) is -1.40. The molecule has 170 valence electrons. The van der Waals surface area contributed by atoms with Gasteiger partial charge >= 0.3 is 12.0 Å². The average Bonchev–Trinajstić information content (AvgIpc) is 3.50. The van der Waals surface area contributed by atoms with Gasteiger partial charge in [0.25, 0.3) is 5.91 Å². The molecule has 3 amide bonds. The van der Waals surface area contributed by atoms with E-state index in [1.54, 1.807) is 30.3 Å². The summed E-state index contributed by atoms with van der Waals surface area (Å²) in [7, 11) is 1.29. The zero-order valence-electron chi connectivity index (χ0n) is 17.7. The second kappa shape index (κ2) is 9.51. The summed E-state index contributed by atoms with van der Waals surface area (Å²) in [5.41, 5.74) is 1.63. The van der Waals surface area contributed by atoms with Gasteiger partial charge in [-0.3, -0.25) is 4.79 Å². The molecule has 1 saturated heterocycles. The van der Waals surface area contributed by atoms with Crippen LogP contribution in [0.3, 0.4) is 0 Å². The number of urea groups is 1. The molecule has 33 heavy (non-hydrogen) atoms. The second-order valence-electron chi connectivity index (χ2n) is 7.39. The van der Waals surface area contributed by atoms with Crippen molar-refractivity contribution in [1.82, 2.24) is 10.1 Å². The van der Waals surface area contributed by atoms with Crippen LogP contribution < -0.4 is 10.6 Å². The molecular formula is C23H21FN4O5. The highest BCUT2D eigenvalue weighted by molar-refractivity contribution is 6.00. The number of nitrogens with zero attached hydrogens (tertiary/aromatic N) is 2. The van der Waals surface area contributed by atoms with Crippen LogP contribution >= 0.6 is 0 Å². The van der Waals surface area contributed by atoms with E-state index < -0.39 is 29.8 Å². The van der Waals surface area contributed by atoms with E-state index in [9.17, 15) is 18.8 Å². The molecule has 1 fully saturated rings. The van der Waals surface area contributed by atoms with Crippen LogP contribution in [-0.2, 0) is 9.53 Å². The van der Waals surface area contributed by atoms with Crippen molar-refractivity contribution < 1.29 is 28.0 Å². The SMILES string of the molecule is COC(=O)[C@H]1CCCN1C(=O)c1cc(-c2ccc(NC(=O)Nc3ccccc3F)cc2)no1. The van der Waals surface area contributed by atoms with Gasteiger partial charge in [-0.25, -0.2) is 14.0 Å². The third-order valence-electron chi connectivity index (χ3n) is 5.27. The second-order valence-corrected chi connectivity index (χ2v) is 7.39. The third-order valence-corrected chi connectivity index (χ3v) is 5.27. The molecule has 2 N–H and O–H groups in total. The van der Waals surface area contributed by atoms with Crippen molar-refractivity contribution >= 4 is 29.3 Å². The molecule has 0 bridgehead atoms. The number of esters is 1. The Morgan fingerprint density at radius 3 is 2.61 bits per heavy atom. The van der Waals surface area contributed by atoms with Gasteiger partial charge in [-0.15, -0.1) is 0 Å². The number of benzene rings is 2. The maximum absolute atomic E-state index is 13.7. The van der Waals surface area contributed by atoms with Gasteiger partial charge < -0.3 is 24.8 Å². The van der Waals surface area contributed by atoms with Crippen molar-refractivity contribution in [2.24, 2.45) is 0 Å². The number of rotatable bonds is 5. The molecule has 1 aromatic heterocycles. The van der Waals surface area contributed by atoms with Crippen molar-refractivity contribution in [3.8, 4) is 11.3 Å². The highest BCUT2D eigenvalue weighted by Gasteiger charge is 2.36. The van der Waals surface area contributed by atoms with Crippen molar-refractivity contribution in [3.63, 3.8) is 0 Å². The molecule has 10 heteroatoms. The normalized spacial score (nSPS) is 15.2. The van der Waals surface area contributed by atoms with Crippen LogP contribution in [0.4, 0.5) is 20.6 Å². The molecule has 3 aromatic rings. The lowest BCUT2D eigenvalue weighted by atomic mass is 10.1. The molecule has 4 rings (SSSR count). The van der Waals surface area contributed by atoms with Gasteiger partial charge in [0.1, 0.15) is 17.6 Å². The predicted octanol–water partition coefficient (Wildman–Crippen LogP) is 3.90. The van der Waals surface area contributed by atoms with Crippen LogP contribution in [0.25, 0.3) is 11.3 Å². The Morgan fingerprint density at radius 1 is 1.12 bits per heavy atom. The zero-order valence-corrected chi connectivity index (χ0v) is 17.7. The molecule has 1 atom stereocenters. The van der Waals surface area contributed by atoms with Crippen LogP contribution in [0.1, 0.15) is 23.4 Å². The fraction of sp³-hybridized carbons (Fsp3) is 0.217. The molecule has 0 saturated carbocycles. The Kier molecular flexibility index (Phi) is 6.34. The minimum atomic E-state index is -0.628. The van der Waals surface area contributed by atoms with E-state index in [4.69, 9.17) is 9.26 Å². The molecule has 1 aliphatic rings. The maximum atomic E-state index is 13.7. The van der Waals surface area contributed by atoms with E-state index in [0.717, 1.165) is 0 Å². The van der Waals surface area contributed by atoms with Gasteiger partial charge in [0.05, 0.1) is 12.8 Å². The van der Waals surface area contributed by atoms with Gasteiger partial charge in [-0.05, 0) is 37.1 Å². The van der Waals surface area contributed by atoms with Gasteiger partial charge in [-0.1, -0.05) is 29.4 Å². The number of carbonyl (C=O) groups excluding carboxylic acids is 3. The number of hydrogen-bond acceptors (Lipinski definition) is 6. The summed E-state index contributed by atoms with van der Waals surface area (Å²) in [6.07, 6.45) is 1.24. The number of nitrogens with one attached hydrogen (secondary N) is 2. The largest absolute Gasteiger partial charge is 0.467 e. The number of amides is 3. The van der Waals surface area contributed by atoms with Crippen molar-refractivity contribution in [1.29, 1.82) is 0 Å². The average molecular weight is 452 g/mol. The van der Waals surface area contributed by atoms with E-state index in [1.807, 2.05) is 0 Å². The standard InChI is InChI=1S/C23H21FN4O5/c1-32-22(30)19-7-4-12-28(19)21(29)20-13-18(27-33-20)14-8-10-15(11-9-14)25-23(31)26-17-6-3-2-5-16(17)24/h2-3,5-6,8-11,13,19H,4,7,12H2,1H3,(H2,25,26,31)/t19-/m1/s1. The summed E-state index contributed by atoms with van der Waals surface area (Å²) < 4.78 is 23.6. The number of para-hydroxylation sites is 1. The number of halogens is 1. The molecular weight excluding hydrogens is 431 g/mol. The molecule has 0 spiro atoms. The van der Waals surface area contributed by atoms with E-state index >= 15 is 0 Å². The number of anilines is 2. The first-order chi connectivity index (χ1) is 16.0. The van der Waals surface area contributed by atoms with Crippen LogP contribution in [0, 0.1) is 5.82 Å². The van der Waals surface area contributed by atoms with Crippen molar-refractivity contribution in [2.45, 2.75) is 18.9 Å². The molecule has 9 nitrogen and oxygen atoms in total. The Balaban J connectivity index is 1.40. The number of hydrogen-bond donors (Lipinski definition) is 2. The fourth-order valence-electron chi connectivity index (χ4n) is 3.62. The van der Waals surface area contributed by atoms with E-state index in [2.05, 4.69) is 15.8 Å². The Hall–Kier alpha value is -4.21. The van der Waals surface area contributed by atoms with Crippen molar-refractivity contribution in [2.75, 3.05) is 24.3 Å². The summed E-state index contributed by atoms with van der Waals surface area (Å²) >= 11 is 0. The number of methoxy groups -OCH3 is 1. The number of ether oxygens (including phenoxy) is 1. The van der Waals surface area contributed by atoms with E-state index in [0.29, 0.717) is 36.3 Å². The lowest BCUT2D eigenvalue weighted by Crippen LogP contribution is -2.40. The quantitative estimate of drug-likeness (QED) is 0.568. The highest BCUT2D eigenvalue weighted by Crippen LogP contribution is 2.25. The summed E-state index contributed by atoms with van der Waals surface area (Å²) in [4.78, 5) is 38.2. The Morgan fingerprint density at radius 2 is 1.88 bits per heavy atom. The molecule has 0 radical (unpaired) electrons. The van der Waals surface area contributed by atoms with E-state index in [-0.39, 0.29) is 11.4 Å². The highest BCUT2D eigenvalue weighted by atomic mass is 19.1. The van der Waals surface area contributed by atoms with Gasteiger partial charge in [0, 0.05) is 23.9 Å². The smallest absolute Gasteiger partial charge is 0.328 e. The topological polar surface area (TPSA) is 114 Å². The van der Waals surface area contributed by atoms with Gasteiger partial charge in [-0.2, -0.15) is 0 Å².